The molecule has 1 aliphatic rings. The largest absolute Gasteiger partial charge is 0.488 e. The highest BCUT2D eigenvalue weighted by molar-refractivity contribution is 9.10. The van der Waals surface area contributed by atoms with Crippen molar-refractivity contribution in [3.8, 4) is 5.75 Å². The number of thiazole rings is 1. The van der Waals surface area contributed by atoms with Gasteiger partial charge < -0.3 is 9.47 Å². The summed E-state index contributed by atoms with van der Waals surface area (Å²) in [4.78, 5) is 32.6. The highest BCUT2D eigenvalue weighted by atomic mass is 79.9. The maximum Gasteiger partial charge on any atom is 0.338 e. The molecule has 5 rings (SSSR count). The molecular formula is C28H22BrClN2O4S2. The maximum absolute atomic E-state index is 13.7. The minimum Gasteiger partial charge on any atom is -0.488 e. The maximum atomic E-state index is 13.7. The lowest BCUT2D eigenvalue weighted by atomic mass is 10.0. The van der Waals surface area contributed by atoms with Crippen LogP contribution in [0.2, 0.25) is 5.02 Å². The quantitative estimate of drug-likeness (QED) is 0.241. The smallest absolute Gasteiger partial charge is 0.338 e. The van der Waals surface area contributed by atoms with Gasteiger partial charge in [-0.05, 0) is 82.7 Å². The summed E-state index contributed by atoms with van der Waals surface area (Å²) in [5.74, 6) is 0.227. The van der Waals surface area contributed by atoms with Crippen molar-refractivity contribution in [2.45, 2.75) is 26.5 Å². The SMILES string of the molecule is CCOC(=O)C1=C(C)N=c2s/c(=C\c3ccc(OCc4ccc(Cl)cc4)c(Br)c3)c(=O)n2[C@H]1c1cccs1. The van der Waals surface area contributed by atoms with Crippen LogP contribution in [0.5, 0.6) is 5.75 Å². The molecule has 10 heteroatoms. The zero-order valence-electron chi connectivity index (χ0n) is 20.4. The molecule has 0 amide bonds. The summed E-state index contributed by atoms with van der Waals surface area (Å²) in [6.07, 6.45) is 1.83. The van der Waals surface area contributed by atoms with Crippen LogP contribution in [0.15, 0.2) is 85.5 Å². The van der Waals surface area contributed by atoms with Gasteiger partial charge in [0.05, 0.1) is 26.9 Å². The molecule has 0 fully saturated rings. The van der Waals surface area contributed by atoms with Crippen molar-refractivity contribution < 1.29 is 14.3 Å². The van der Waals surface area contributed by atoms with Crippen LogP contribution in [-0.4, -0.2) is 17.1 Å². The Bertz CT molecular complexity index is 1710. The summed E-state index contributed by atoms with van der Waals surface area (Å²) in [6, 6.07) is 16.4. The van der Waals surface area contributed by atoms with Gasteiger partial charge in [-0.25, -0.2) is 9.79 Å². The zero-order chi connectivity index (χ0) is 26.8. The van der Waals surface area contributed by atoms with E-state index in [1.165, 1.54) is 22.7 Å². The van der Waals surface area contributed by atoms with Crippen LogP contribution >= 0.6 is 50.2 Å². The summed E-state index contributed by atoms with van der Waals surface area (Å²) in [6.45, 7) is 4.18. The number of carbonyl (C=O) groups is 1. The van der Waals surface area contributed by atoms with Gasteiger partial charge in [0, 0.05) is 9.90 Å². The topological polar surface area (TPSA) is 69.9 Å². The van der Waals surface area contributed by atoms with E-state index in [1.54, 1.807) is 18.4 Å². The first-order valence-electron chi connectivity index (χ1n) is 11.8. The molecule has 0 aliphatic carbocycles. The number of carbonyl (C=O) groups excluding carboxylic acids is 1. The first kappa shape index (κ1) is 26.6. The molecule has 2 aromatic heterocycles. The van der Waals surface area contributed by atoms with Crippen molar-refractivity contribution >= 4 is 62.2 Å². The molecule has 1 aliphatic heterocycles. The third-order valence-electron chi connectivity index (χ3n) is 5.89. The van der Waals surface area contributed by atoms with Crippen LogP contribution in [0.4, 0.5) is 0 Å². The number of fused-ring (bicyclic) bond motifs is 1. The number of hydrogen-bond acceptors (Lipinski definition) is 7. The van der Waals surface area contributed by atoms with Crippen LogP contribution in [0.25, 0.3) is 6.08 Å². The fourth-order valence-corrected chi connectivity index (χ4v) is 6.63. The molecule has 0 saturated carbocycles. The summed E-state index contributed by atoms with van der Waals surface area (Å²) >= 11 is 12.3. The van der Waals surface area contributed by atoms with Gasteiger partial charge in [-0.2, -0.15) is 0 Å². The number of esters is 1. The third kappa shape index (κ3) is 5.42. The standard InChI is InChI=1S/C28H22BrClN2O4S2/c1-3-35-27(34)24-16(2)31-28-32(25(24)22-5-4-12-37-22)26(33)23(38-28)14-18-8-11-21(20(29)13-18)36-15-17-6-9-19(30)10-7-17/h4-14,25H,3,15H2,1-2H3/b23-14-/t25-/m0/s1. The van der Waals surface area contributed by atoms with Crippen LogP contribution in [0.3, 0.4) is 0 Å². The highest BCUT2D eigenvalue weighted by Gasteiger charge is 2.33. The van der Waals surface area contributed by atoms with E-state index in [1.807, 2.05) is 66.1 Å². The summed E-state index contributed by atoms with van der Waals surface area (Å²) in [5, 5.41) is 2.61. The van der Waals surface area contributed by atoms with Crippen LogP contribution in [0.1, 0.15) is 35.9 Å². The first-order chi connectivity index (χ1) is 18.4. The Morgan fingerprint density at radius 2 is 2.00 bits per heavy atom. The van der Waals surface area contributed by atoms with E-state index in [0.29, 0.717) is 38.0 Å². The Kier molecular flexibility index (Phi) is 7.99. The number of allylic oxidation sites excluding steroid dienone is 1. The zero-order valence-corrected chi connectivity index (χ0v) is 24.4. The predicted octanol–water partition coefficient (Wildman–Crippen LogP) is 5.85. The lowest BCUT2D eigenvalue weighted by Crippen LogP contribution is -2.39. The average Bonchev–Trinajstić information content (AvgIpc) is 3.52. The van der Waals surface area contributed by atoms with Crippen molar-refractivity contribution in [2.75, 3.05) is 6.61 Å². The lowest BCUT2D eigenvalue weighted by molar-refractivity contribution is -0.139. The van der Waals surface area contributed by atoms with Crippen molar-refractivity contribution in [2.24, 2.45) is 4.99 Å². The number of rotatable bonds is 7. The number of benzene rings is 2. The van der Waals surface area contributed by atoms with Crippen molar-refractivity contribution in [1.29, 1.82) is 0 Å². The molecular weight excluding hydrogens is 608 g/mol. The van der Waals surface area contributed by atoms with Crippen LogP contribution in [-0.2, 0) is 16.1 Å². The molecule has 194 valence electrons. The van der Waals surface area contributed by atoms with E-state index in [4.69, 9.17) is 21.1 Å². The summed E-state index contributed by atoms with van der Waals surface area (Å²) in [5.41, 5.74) is 2.57. The van der Waals surface area contributed by atoms with Gasteiger partial charge in [0.1, 0.15) is 18.4 Å². The fourth-order valence-electron chi connectivity index (χ4n) is 4.12. The Morgan fingerprint density at radius 1 is 1.21 bits per heavy atom. The normalized spacial score (nSPS) is 15.3. The molecule has 3 heterocycles. The monoisotopic (exact) mass is 628 g/mol. The Labute approximate surface area is 240 Å². The van der Waals surface area contributed by atoms with Gasteiger partial charge in [0.2, 0.25) is 0 Å². The number of thiophene rings is 1. The van der Waals surface area contributed by atoms with Gasteiger partial charge >= 0.3 is 5.97 Å². The molecule has 0 N–H and O–H groups in total. The number of nitrogens with zero attached hydrogens (tertiary/aromatic N) is 2. The Balaban J connectivity index is 1.49. The minimum atomic E-state index is -0.581. The van der Waals surface area contributed by atoms with Crippen molar-refractivity contribution in [3.05, 3.63) is 116 Å². The molecule has 0 spiro atoms. The van der Waals surface area contributed by atoms with Gasteiger partial charge in [-0.3, -0.25) is 9.36 Å². The fraction of sp³-hybridized carbons (Fsp3) is 0.179. The van der Waals surface area contributed by atoms with E-state index < -0.39 is 12.0 Å². The van der Waals surface area contributed by atoms with Crippen LogP contribution < -0.4 is 19.6 Å². The third-order valence-corrected chi connectivity index (χ3v) is 8.67. The molecule has 6 nitrogen and oxygen atoms in total. The van der Waals surface area contributed by atoms with Crippen LogP contribution in [0, 0.1) is 0 Å². The van der Waals surface area contributed by atoms with E-state index in [-0.39, 0.29) is 12.2 Å². The molecule has 0 bridgehead atoms. The first-order valence-corrected chi connectivity index (χ1v) is 14.6. The number of halogens is 2. The molecule has 38 heavy (non-hydrogen) atoms. The molecule has 1 atom stereocenters. The lowest BCUT2D eigenvalue weighted by Gasteiger charge is -2.23. The summed E-state index contributed by atoms with van der Waals surface area (Å²) < 4.78 is 14.2. The molecule has 4 aromatic rings. The Morgan fingerprint density at radius 3 is 2.68 bits per heavy atom. The van der Waals surface area contributed by atoms with Crippen molar-refractivity contribution in [3.63, 3.8) is 0 Å². The number of hydrogen-bond donors (Lipinski definition) is 0. The molecule has 0 saturated heterocycles. The van der Waals surface area contributed by atoms with Gasteiger partial charge in [-0.1, -0.05) is 47.2 Å². The van der Waals surface area contributed by atoms with E-state index in [9.17, 15) is 9.59 Å². The van der Waals surface area contributed by atoms with Gasteiger partial charge in [-0.15, -0.1) is 11.3 Å². The van der Waals surface area contributed by atoms with Gasteiger partial charge in [0.15, 0.2) is 4.80 Å². The highest BCUT2D eigenvalue weighted by Crippen LogP contribution is 2.33. The van der Waals surface area contributed by atoms with E-state index in [2.05, 4.69) is 20.9 Å². The average molecular weight is 630 g/mol. The number of aromatic nitrogens is 1. The van der Waals surface area contributed by atoms with E-state index >= 15 is 0 Å². The summed E-state index contributed by atoms with van der Waals surface area (Å²) in [7, 11) is 0. The van der Waals surface area contributed by atoms with Crippen molar-refractivity contribution in [1.82, 2.24) is 4.57 Å². The minimum absolute atomic E-state index is 0.208. The Hall–Kier alpha value is -2.98. The van der Waals surface area contributed by atoms with E-state index in [0.717, 1.165) is 20.5 Å². The molecule has 0 radical (unpaired) electrons. The second kappa shape index (κ2) is 11.4. The second-order valence-electron chi connectivity index (χ2n) is 8.42. The predicted molar refractivity (Wildman–Crippen MR) is 155 cm³/mol. The van der Waals surface area contributed by atoms with Gasteiger partial charge in [0.25, 0.3) is 5.56 Å². The number of ether oxygens (including phenoxy) is 2. The molecule has 0 unspecified atom stereocenters. The second-order valence-corrected chi connectivity index (χ2v) is 11.7. The molecule has 2 aromatic carbocycles.